The van der Waals surface area contributed by atoms with Gasteiger partial charge in [-0.15, -0.1) is 0 Å². The molecule has 0 saturated carbocycles. The molecule has 1 fully saturated rings. The second-order valence-electron chi connectivity index (χ2n) is 7.58. The summed E-state index contributed by atoms with van der Waals surface area (Å²) in [5.41, 5.74) is 5.13. The molecule has 3 nitrogen and oxygen atoms in total. The fourth-order valence-corrected chi connectivity index (χ4v) is 3.72. The zero-order chi connectivity index (χ0) is 18.4. The van der Waals surface area contributed by atoms with Gasteiger partial charge in [-0.25, -0.2) is 0 Å². The maximum Gasteiger partial charge on any atom is 0.125 e. The standard InChI is InChI=1S/C23H32N2O/c1-19-16-22(10-7-11-25-14-12-24(3)13-15-25)17-20(2)23(19)26-18-21-8-5-4-6-9-21/h4-6,8-9,16-17H,7,10-15,18H2,1-3H3. The van der Waals surface area contributed by atoms with Gasteiger partial charge >= 0.3 is 0 Å². The maximum absolute atomic E-state index is 6.11. The zero-order valence-electron chi connectivity index (χ0n) is 16.5. The Morgan fingerprint density at radius 1 is 0.885 bits per heavy atom. The summed E-state index contributed by atoms with van der Waals surface area (Å²) in [5, 5.41) is 0. The Labute approximate surface area is 158 Å². The smallest absolute Gasteiger partial charge is 0.125 e. The van der Waals surface area contributed by atoms with Crippen molar-refractivity contribution in [2.24, 2.45) is 0 Å². The van der Waals surface area contributed by atoms with Crippen LogP contribution in [0, 0.1) is 13.8 Å². The van der Waals surface area contributed by atoms with E-state index in [1.807, 2.05) is 6.07 Å². The van der Waals surface area contributed by atoms with Crippen molar-refractivity contribution in [1.82, 2.24) is 9.80 Å². The van der Waals surface area contributed by atoms with Gasteiger partial charge in [0.1, 0.15) is 12.4 Å². The molecule has 2 aromatic rings. The molecule has 0 bridgehead atoms. The van der Waals surface area contributed by atoms with E-state index in [0.29, 0.717) is 6.61 Å². The lowest BCUT2D eigenvalue weighted by atomic mass is 10.0. The van der Waals surface area contributed by atoms with Crippen LogP contribution in [0.1, 0.15) is 28.7 Å². The quantitative estimate of drug-likeness (QED) is 0.747. The number of hydrogen-bond acceptors (Lipinski definition) is 3. The Morgan fingerprint density at radius 2 is 1.54 bits per heavy atom. The topological polar surface area (TPSA) is 15.7 Å². The highest BCUT2D eigenvalue weighted by Crippen LogP contribution is 2.26. The molecule has 0 radical (unpaired) electrons. The third-order valence-corrected chi connectivity index (χ3v) is 5.28. The molecular weight excluding hydrogens is 320 g/mol. The minimum atomic E-state index is 0.630. The number of piperazine rings is 1. The van der Waals surface area contributed by atoms with Crippen LogP contribution in [0.5, 0.6) is 5.75 Å². The fraction of sp³-hybridized carbons (Fsp3) is 0.478. The van der Waals surface area contributed by atoms with E-state index in [1.165, 1.54) is 61.4 Å². The molecule has 0 N–H and O–H groups in total. The third-order valence-electron chi connectivity index (χ3n) is 5.28. The first-order valence-corrected chi connectivity index (χ1v) is 9.79. The number of likely N-dealkylation sites (N-methyl/N-ethyl adjacent to an activating group) is 1. The highest BCUT2D eigenvalue weighted by molar-refractivity contribution is 5.43. The van der Waals surface area contributed by atoms with Gasteiger partial charge < -0.3 is 14.5 Å². The lowest BCUT2D eigenvalue weighted by molar-refractivity contribution is 0.153. The molecule has 0 spiro atoms. The van der Waals surface area contributed by atoms with E-state index in [0.717, 1.165) is 12.2 Å². The number of aryl methyl sites for hydroxylation is 3. The van der Waals surface area contributed by atoms with Crippen LogP contribution < -0.4 is 4.74 Å². The largest absolute Gasteiger partial charge is 0.488 e. The highest BCUT2D eigenvalue weighted by Gasteiger charge is 2.13. The summed E-state index contributed by atoms with van der Waals surface area (Å²) in [6.45, 7) is 11.0. The van der Waals surface area contributed by atoms with Crippen LogP contribution in [-0.2, 0) is 13.0 Å². The van der Waals surface area contributed by atoms with Gasteiger partial charge in [0.05, 0.1) is 0 Å². The number of benzene rings is 2. The predicted molar refractivity (Wildman–Crippen MR) is 109 cm³/mol. The van der Waals surface area contributed by atoms with Crippen LogP contribution in [0.3, 0.4) is 0 Å². The fourth-order valence-electron chi connectivity index (χ4n) is 3.72. The van der Waals surface area contributed by atoms with Crippen LogP contribution in [0.2, 0.25) is 0 Å². The molecule has 0 aliphatic carbocycles. The zero-order valence-corrected chi connectivity index (χ0v) is 16.5. The van der Waals surface area contributed by atoms with Crippen LogP contribution in [0.25, 0.3) is 0 Å². The van der Waals surface area contributed by atoms with Crippen LogP contribution in [0.4, 0.5) is 0 Å². The molecule has 0 atom stereocenters. The van der Waals surface area contributed by atoms with Crippen LogP contribution in [-0.4, -0.2) is 49.6 Å². The van der Waals surface area contributed by atoms with Crippen molar-refractivity contribution in [1.29, 1.82) is 0 Å². The third kappa shape index (κ3) is 5.33. The summed E-state index contributed by atoms with van der Waals surface area (Å²) in [4.78, 5) is 5.01. The van der Waals surface area contributed by atoms with E-state index in [9.17, 15) is 0 Å². The summed E-state index contributed by atoms with van der Waals surface area (Å²) < 4.78 is 6.11. The molecular formula is C23H32N2O. The molecule has 0 unspecified atom stereocenters. The minimum absolute atomic E-state index is 0.630. The molecule has 0 amide bonds. The molecule has 1 heterocycles. The molecule has 1 saturated heterocycles. The normalized spacial score (nSPS) is 16.0. The molecule has 140 valence electrons. The number of nitrogens with zero attached hydrogens (tertiary/aromatic N) is 2. The Balaban J connectivity index is 1.51. The summed E-state index contributed by atoms with van der Waals surface area (Å²) in [6.07, 6.45) is 2.37. The van der Waals surface area contributed by atoms with E-state index in [-0.39, 0.29) is 0 Å². The van der Waals surface area contributed by atoms with Crippen molar-refractivity contribution in [2.45, 2.75) is 33.3 Å². The van der Waals surface area contributed by atoms with E-state index in [1.54, 1.807) is 0 Å². The van der Waals surface area contributed by atoms with Crippen molar-refractivity contribution >= 4 is 0 Å². The highest BCUT2D eigenvalue weighted by atomic mass is 16.5. The van der Waals surface area contributed by atoms with Gasteiger partial charge in [-0.1, -0.05) is 42.5 Å². The van der Waals surface area contributed by atoms with Crippen molar-refractivity contribution < 1.29 is 4.74 Å². The summed E-state index contributed by atoms with van der Waals surface area (Å²) in [6, 6.07) is 15.0. The lowest BCUT2D eigenvalue weighted by Crippen LogP contribution is -2.44. The lowest BCUT2D eigenvalue weighted by Gasteiger charge is -2.32. The Hall–Kier alpha value is -1.84. The summed E-state index contributed by atoms with van der Waals surface area (Å²) >= 11 is 0. The van der Waals surface area contributed by atoms with Gasteiger partial charge in [-0.05, 0) is 62.5 Å². The van der Waals surface area contributed by atoms with Gasteiger partial charge in [0, 0.05) is 26.2 Å². The van der Waals surface area contributed by atoms with Crippen LogP contribution in [0.15, 0.2) is 42.5 Å². The molecule has 2 aromatic carbocycles. The second kappa shape index (κ2) is 9.20. The predicted octanol–water partition coefficient (Wildman–Crippen LogP) is 4.06. The maximum atomic E-state index is 6.11. The molecule has 1 aliphatic heterocycles. The van der Waals surface area contributed by atoms with Crippen molar-refractivity contribution in [3.8, 4) is 5.75 Å². The Morgan fingerprint density at radius 3 is 2.19 bits per heavy atom. The minimum Gasteiger partial charge on any atom is -0.488 e. The first-order chi connectivity index (χ1) is 12.6. The van der Waals surface area contributed by atoms with E-state index >= 15 is 0 Å². The second-order valence-corrected chi connectivity index (χ2v) is 7.58. The average Bonchev–Trinajstić information content (AvgIpc) is 2.63. The van der Waals surface area contributed by atoms with Gasteiger partial charge in [-0.3, -0.25) is 0 Å². The number of hydrogen-bond donors (Lipinski definition) is 0. The first kappa shape index (κ1) is 18.9. The van der Waals surface area contributed by atoms with Crippen molar-refractivity contribution in [2.75, 3.05) is 39.8 Å². The van der Waals surface area contributed by atoms with E-state index in [2.05, 4.69) is 67.1 Å². The molecule has 3 heteroatoms. The van der Waals surface area contributed by atoms with Crippen molar-refractivity contribution in [3.05, 3.63) is 64.7 Å². The van der Waals surface area contributed by atoms with Gasteiger partial charge in [0.2, 0.25) is 0 Å². The van der Waals surface area contributed by atoms with E-state index in [4.69, 9.17) is 4.74 Å². The summed E-state index contributed by atoms with van der Waals surface area (Å²) in [5.74, 6) is 1.04. The van der Waals surface area contributed by atoms with Gasteiger partial charge in [-0.2, -0.15) is 0 Å². The summed E-state index contributed by atoms with van der Waals surface area (Å²) in [7, 11) is 2.21. The first-order valence-electron chi connectivity index (χ1n) is 9.79. The number of ether oxygens (including phenoxy) is 1. The molecule has 3 rings (SSSR count). The Bertz CT molecular complexity index is 668. The number of rotatable bonds is 7. The molecule has 1 aliphatic rings. The average molecular weight is 353 g/mol. The SMILES string of the molecule is Cc1cc(CCCN2CCN(C)CC2)cc(C)c1OCc1ccccc1. The van der Waals surface area contributed by atoms with Crippen molar-refractivity contribution in [3.63, 3.8) is 0 Å². The van der Waals surface area contributed by atoms with Gasteiger partial charge in [0.25, 0.3) is 0 Å². The molecule has 26 heavy (non-hydrogen) atoms. The Kier molecular flexibility index (Phi) is 6.70. The van der Waals surface area contributed by atoms with E-state index < -0.39 is 0 Å². The monoisotopic (exact) mass is 352 g/mol. The molecule has 0 aromatic heterocycles. The van der Waals surface area contributed by atoms with Crippen LogP contribution >= 0.6 is 0 Å². The van der Waals surface area contributed by atoms with Gasteiger partial charge in [0.15, 0.2) is 0 Å².